The summed E-state index contributed by atoms with van der Waals surface area (Å²) in [6, 6.07) is 14.2. The van der Waals surface area contributed by atoms with Crippen molar-refractivity contribution in [1.82, 2.24) is 9.80 Å². The summed E-state index contributed by atoms with van der Waals surface area (Å²) in [7, 11) is 0. The minimum absolute atomic E-state index is 0.137. The number of thiocarbonyl (C=S) groups is 1. The lowest BCUT2D eigenvalue weighted by atomic mass is 10.0. The number of hydrogen-bond donors (Lipinski definition) is 1. The van der Waals surface area contributed by atoms with Gasteiger partial charge < -0.3 is 15.0 Å². The summed E-state index contributed by atoms with van der Waals surface area (Å²) in [6.45, 7) is 11.5. The third-order valence-corrected chi connectivity index (χ3v) is 7.72. The molecule has 0 radical (unpaired) electrons. The van der Waals surface area contributed by atoms with Crippen molar-refractivity contribution in [3.05, 3.63) is 63.5 Å². The number of carbonyl (C=O) groups excluding carboxylic acids is 2. The van der Waals surface area contributed by atoms with Gasteiger partial charge in [0.25, 0.3) is 5.91 Å². The molecule has 1 atom stereocenters. The van der Waals surface area contributed by atoms with Gasteiger partial charge in [-0.1, -0.05) is 79.7 Å². The number of carbonyl (C=O) groups is 2. The molecular weight excluding hydrogens is 558 g/mol. The first-order chi connectivity index (χ1) is 17.2. The second kappa shape index (κ2) is 13.4. The van der Waals surface area contributed by atoms with E-state index in [1.165, 1.54) is 16.7 Å². The number of nitrogens with zero attached hydrogens (tertiary/aromatic N) is 2. The van der Waals surface area contributed by atoms with Crippen molar-refractivity contribution in [2.45, 2.75) is 33.7 Å². The van der Waals surface area contributed by atoms with Crippen LogP contribution in [0.15, 0.2) is 57.9 Å². The Bertz CT molecular complexity index is 1100. The summed E-state index contributed by atoms with van der Waals surface area (Å²) in [5, 5.41) is 2.94. The SMILES string of the molecule is CCN(CC)CCOc1ccc(NC(=O)C(C(C)C)N2C(=O)/C(=C/c3ccc(Br)cc3)SC2=S)cc1. The molecule has 3 rings (SSSR count). The normalized spacial score (nSPS) is 15.8. The molecule has 9 heteroatoms. The lowest BCUT2D eigenvalue weighted by Crippen LogP contribution is -2.49. The molecule has 0 aliphatic carbocycles. The molecule has 0 saturated carbocycles. The third-order valence-electron chi connectivity index (χ3n) is 5.86. The number of anilines is 1. The van der Waals surface area contributed by atoms with Crippen LogP contribution in [0.2, 0.25) is 0 Å². The van der Waals surface area contributed by atoms with Crippen LogP contribution in [0, 0.1) is 5.92 Å². The van der Waals surface area contributed by atoms with Crippen molar-refractivity contribution >= 4 is 67.8 Å². The summed E-state index contributed by atoms with van der Waals surface area (Å²) in [5.41, 5.74) is 1.53. The van der Waals surface area contributed by atoms with E-state index < -0.39 is 6.04 Å². The summed E-state index contributed by atoms with van der Waals surface area (Å²) >= 11 is 10.2. The molecule has 36 heavy (non-hydrogen) atoms. The number of hydrogen-bond acceptors (Lipinski definition) is 6. The van der Waals surface area contributed by atoms with Gasteiger partial charge in [-0.3, -0.25) is 14.5 Å². The van der Waals surface area contributed by atoms with Crippen LogP contribution < -0.4 is 10.1 Å². The maximum atomic E-state index is 13.3. The average molecular weight is 591 g/mol. The van der Waals surface area contributed by atoms with Gasteiger partial charge in [0.15, 0.2) is 0 Å². The summed E-state index contributed by atoms with van der Waals surface area (Å²) in [4.78, 5) is 30.8. The number of halogens is 1. The maximum absolute atomic E-state index is 13.3. The topological polar surface area (TPSA) is 61.9 Å². The maximum Gasteiger partial charge on any atom is 0.266 e. The highest BCUT2D eigenvalue weighted by atomic mass is 79.9. The van der Waals surface area contributed by atoms with E-state index in [0.29, 0.717) is 21.5 Å². The number of ether oxygens (including phenoxy) is 1. The van der Waals surface area contributed by atoms with Crippen LogP contribution in [-0.4, -0.2) is 58.2 Å². The fraction of sp³-hybridized carbons (Fsp3) is 0.370. The number of thioether (sulfide) groups is 1. The fourth-order valence-electron chi connectivity index (χ4n) is 3.83. The molecular formula is C27H32BrN3O3S2. The molecule has 6 nitrogen and oxygen atoms in total. The van der Waals surface area contributed by atoms with Gasteiger partial charge in [-0.2, -0.15) is 0 Å². The second-order valence-electron chi connectivity index (χ2n) is 8.68. The largest absolute Gasteiger partial charge is 0.492 e. The second-order valence-corrected chi connectivity index (χ2v) is 11.3. The van der Waals surface area contributed by atoms with Crippen LogP contribution in [0.3, 0.4) is 0 Å². The molecule has 192 valence electrons. The van der Waals surface area contributed by atoms with Gasteiger partial charge in [0, 0.05) is 16.7 Å². The monoisotopic (exact) mass is 589 g/mol. The van der Waals surface area contributed by atoms with Gasteiger partial charge in [0.05, 0.1) is 4.91 Å². The van der Waals surface area contributed by atoms with Gasteiger partial charge in [-0.25, -0.2) is 0 Å². The van der Waals surface area contributed by atoms with Crippen molar-refractivity contribution in [2.24, 2.45) is 5.92 Å². The predicted molar refractivity (Wildman–Crippen MR) is 156 cm³/mol. The number of likely N-dealkylation sites (N-methyl/N-ethyl adjacent to an activating group) is 1. The molecule has 1 aliphatic rings. The first-order valence-corrected chi connectivity index (χ1v) is 14.0. The van der Waals surface area contributed by atoms with E-state index in [4.69, 9.17) is 17.0 Å². The molecule has 1 unspecified atom stereocenters. The predicted octanol–water partition coefficient (Wildman–Crippen LogP) is 6.03. The van der Waals surface area contributed by atoms with Crippen LogP contribution in [0.25, 0.3) is 6.08 Å². The molecule has 1 N–H and O–H groups in total. The molecule has 2 aromatic carbocycles. The van der Waals surface area contributed by atoms with Crippen molar-refractivity contribution in [2.75, 3.05) is 31.6 Å². The number of amides is 2. The Hall–Kier alpha value is -2.20. The Kier molecular flexibility index (Phi) is 10.5. The van der Waals surface area contributed by atoms with E-state index in [1.54, 1.807) is 18.2 Å². The third kappa shape index (κ3) is 7.41. The zero-order valence-electron chi connectivity index (χ0n) is 21.0. The van der Waals surface area contributed by atoms with Crippen molar-refractivity contribution in [3.63, 3.8) is 0 Å². The average Bonchev–Trinajstić information content (AvgIpc) is 3.12. The zero-order chi connectivity index (χ0) is 26.2. The highest BCUT2D eigenvalue weighted by Crippen LogP contribution is 2.36. The van der Waals surface area contributed by atoms with Crippen molar-refractivity contribution < 1.29 is 14.3 Å². The minimum Gasteiger partial charge on any atom is -0.492 e. The smallest absolute Gasteiger partial charge is 0.266 e. The molecule has 0 spiro atoms. The molecule has 1 aliphatic heterocycles. The molecule has 2 aromatic rings. The zero-order valence-corrected chi connectivity index (χ0v) is 24.2. The quantitative estimate of drug-likeness (QED) is 0.255. The van der Waals surface area contributed by atoms with Crippen LogP contribution in [-0.2, 0) is 9.59 Å². The van der Waals surface area contributed by atoms with E-state index in [1.807, 2.05) is 50.2 Å². The van der Waals surface area contributed by atoms with Gasteiger partial charge >= 0.3 is 0 Å². The van der Waals surface area contributed by atoms with Crippen LogP contribution in [0.1, 0.15) is 33.3 Å². The number of nitrogens with one attached hydrogen (secondary N) is 1. The highest BCUT2D eigenvalue weighted by molar-refractivity contribution is 9.10. The molecule has 1 saturated heterocycles. The van der Waals surface area contributed by atoms with Crippen LogP contribution in [0.5, 0.6) is 5.75 Å². The summed E-state index contributed by atoms with van der Waals surface area (Å²) in [5.74, 6) is 0.0814. The lowest BCUT2D eigenvalue weighted by molar-refractivity contribution is -0.131. The minimum atomic E-state index is -0.724. The Balaban J connectivity index is 1.67. The van der Waals surface area contributed by atoms with E-state index in [9.17, 15) is 9.59 Å². The van der Waals surface area contributed by atoms with Gasteiger partial charge in [-0.05, 0) is 67.0 Å². The van der Waals surface area contributed by atoms with E-state index in [0.717, 1.165) is 35.4 Å². The highest BCUT2D eigenvalue weighted by Gasteiger charge is 2.41. The van der Waals surface area contributed by atoms with Crippen LogP contribution >= 0.6 is 39.9 Å². The standard InChI is InChI=1S/C27H32BrN3O3S2/c1-5-30(6-2)15-16-34-22-13-11-21(12-14-22)29-25(32)24(18(3)4)31-26(33)23(36-27(31)35)17-19-7-9-20(28)10-8-19/h7-14,17-18,24H,5-6,15-16H2,1-4H3,(H,29,32)/b23-17-. The molecule has 0 aromatic heterocycles. The van der Waals surface area contributed by atoms with Crippen molar-refractivity contribution in [3.8, 4) is 5.75 Å². The Morgan fingerprint density at radius 2 is 1.78 bits per heavy atom. The molecule has 2 amide bonds. The van der Waals surface area contributed by atoms with Gasteiger partial charge in [0.1, 0.15) is 22.7 Å². The lowest BCUT2D eigenvalue weighted by Gasteiger charge is -2.29. The summed E-state index contributed by atoms with van der Waals surface area (Å²) < 4.78 is 7.17. The van der Waals surface area contributed by atoms with E-state index >= 15 is 0 Å². The van der Waals surface area contributed by atoms with Gasteiger partial charge in [0.2, 0.25) is 5.91 Å². The Morgan fingerprint density at radius 1 is 1.14 bits per heavy atom. The number of rotatable bonds is 11. The van der Waals surface area contributed by atoms with Crippen LogP contribution in [0.4, 0.5) is 5.69 Å². The number of benzene rings is 2. The molecule has 1 heterocycles. The summed E-state index contributed by atoms with van der Waals surface area (Å²) in [6.07, 6.45) is 1.81. The first kappa shape index (κ1) is 28.4. The van der Waals surface area contributed by atoms with Gasteiger partial charge in [-0.15, -0.1) is 0 Å². The molecule has 1 fully saturated rings. The van der Waals surface area contributed by atoms with Crippen molar-refractivity contribution in [1.29, 1.82) is 0 Å². The Morgan fingerprint density at radius 3 is 2.36 bits per heavy atom. The Labute approximate surface area is 231 Å². The van der Waals surface area contributed by atoms with E-state index in [2.05, 4.69) is 40.0 Å². The first-order valence-electron chi connectivity index (χ1n) is 12.0. The fourth-order valence-corrected chi connectivity index (χ4v) is 5.43. The van der Waals surface area contributed by atoms with E-state index in [-0.39, 0.29) is 17.7 Å². The molecule has 0 bridgehead atoms.